The van der Waals surface area contributed by atoms with Gasteiger partial charge in [-0.05, 0) is 40.4 Å². The lowest BCUT2D eigenvalue weighted by molar-refractivity contribution is 0.0681. The molecule has 1 fully saturated rings. The van der Waals surface area contributed by atoms with Gasteiger partial charge in [-0.1, -0.05) is 6.92 Å². The summed E-state index contributed by atoms with van der Waals surface area (Å²) in [5.41, 5.74) is 0.494. The molecule has 1 aliphatic rings. The van der Waals surface area contributed by atoms with Crippen LogP contribution in [-0.4, -0.2) is 34.3 Å². The summed E-state index contributed by atoms with van der Waals surface area (Å²) < 4.78 is 0.877. The Morgan fingerprint density at radius 1 is 1.59 bits per heavy atom. The van der Waals surface area contributed by atoms with Gasteiger partial charge in [0, 0.05) is 29.1 Å². The van der Waals surface area contributed by atoms with Gasteiger partial charge in [0.05, 0.1) is 0 Å². The predicted molar refractivity (Wildman–Crippen MR) is 71.3 cm³/mol. The number of hydrogen-bond donors (Lipinski definition) is 0. The number of carbonyl (C=O) groups is 1. The highest BCUT2D eigenvalue weighted by Gasteiger charge is 2.28. The van der Waals surface area contributed by atoms with E-state index in [2.05, 4.69) is 27.8 Å². The van der Waals surface area contributed by atoms with Gasteiger partial charge in [-0.2, -0.15) is 0 Å². The third-order valence-electron chi connectivity index (χ3n) is 3.03. The molecular weight excluding hydrogens is 304 g/mol. The fourth-order valence-corrected chi connectivity index (χ4v) is 2.38. The molecule has 2 heterocycles. The molecule has 2 atom stereocenters. The molecule has 1 amide bonds. The number of aromatic nitrogens is 1. The first-order valence-electron chi connectivity index (χ1n) is 5.63. The van der Waals surface area contributed by atoms with E-state index in [0.29, 0.717) is 18.2 Å². The molecule has 3 nitrogen and oxygen atoms in total. The first kappa shape index (κ1) is 12.8. The monoisotopic (exact) mass is 316 g/mol. The normalized spacial score (nSPS) is 24.8. The van der Waals surface area contributed by atoms with E-state index < -0.39 is 0 Å². The molecule has 17 heavy (non-hydrogen) atoms. The molecule has 0 radical (unpaired) electrons. The van der Waals surface area contributed by atoms with Crippen LogP contribution in [0.5, 0.6) is 0 Å². The molecule has 2 rings (SSSR count). The van der Waals surface area contributed by atoms with Gasteiger partial charge in [0.15, 0.2) is 0 Å². The summed E-state index contributed by atoms with van der Waals surface area (Å²) in [5.74, 6) is 0.331. The van der Waals surface area contributed by atoms with Crippen LogP contribution in [-0.2, 0) is 0 Å². The van der Waals surface area contributed by atoms with Crippen LogP contribution < -0.4 is 0 Å². The van der Waals surface area contributed by atoms with Crippen molar-refractivity contribution in [1.82, 2.24) is 9.88 Å². The number of amides is 1. The number of nitrogens with zero attached hydrogens (tertiary/aromatic N) is 2. The lowest BCUT2D eigenvalue weighted by atomic mass is 9.99. The molecule has 0 saturated carbocycles. The predicted octanol–water partition coefficient (Wildman–Crippen LogP) is 2.93. The number of rotatable bonds is 1. The van der Waals surface area contributed by atoms with Crippen LogP contribution >= 0.6 is 27.5 Å². The van der Waals surface area contributed by atoms with E-state index in [9.17, 15) is 4.79 Å². The number of hydrogen-bond acceptors (Lipinski definition) is 2. The summed E-state index contributed by atoms with van der Waals surface area (Å²) in [6, 6.07) is 3.57. The van der Waals surface area contributed by atoms with Gasteiger partial charge in [0.2, 0.25) is 0 Å². The van der Waals surface area contributed by atoms with Crippen molar-refractivity contribution in [3.05, 3.63) is 28.5 Å². The third kappa shape index (κ3) is 2.99. The Morgan fingerprint density at radius 2 is 2.35 bits per heavy atom. The minimum atomic E-state index is -0.00656. The van der Waals surface area contributed by atoms with Gasteiger partial charge in [0.1, 0.15) is 5.69 Å². The maximum Gasteiger partial charge on any atom is 0.272 e. The maximum atomic E-state index is 12.2. The van der Waals surface area contributed by atoms with Crippen LogP contribution in [0.15, 0.2) is 22.8 Å². The summed E-state index contributed by atoms with van der Waals surface area (Å²) >= 11 is 9.45. The lowest BCUT2D eigenvalue weighted by Crippen LogP contribution is -2.43. The number of piperidine rings is 1. The Morgan fingerprint density at radius 3 is 2.94 bits per heavy atom. The third-order valence-corrected chi connectivity index (χ3v) is 4.15. The minimum Gasteiger partial charge on any atom is -0.337 e. The molecule has 5 heteroatoms. The average molecular weight is 318 g/mol. The molecule has 0 aromatic carbocycles. The van der Waals surface area contributed by atoms with E-state index in [-0.39, 0.29) is 11.3 Å². The minimum absolute atomic E-state index is 0.00656. The van der Waals surface area contributed by atoms with Gasteiger partial charge in [-0.15, -0.1) is 11.6 Å². The molecule has 0 spiro atoms. The van der Waals surface area contributed by atoms with Crippen LogP contribution in [0.1, 0.15) is 23.8 Å². The average Bonchev–Trinajstić information content (AvgIpc) is 2.33. The number of alkyl halides is 1. The van der Waals surface area contributed by atoms with Crippen LogP contribution in [0.4, 0.5) is 0 Å². The highest BCUT2D eigenvalue weighted by atomic mass is 79.9. The molecule has 0 aliphatic carbocycles. The Balaban J connectivity index is 2.08. The van der Waals surface area contributed by atoms with Crippen LogP contribution in [0.3, 0.4) is 0 Å². The molecule has 0 N–H and O–H groups in total. The summed E-state index contributed by atoms with van der Waals surface area (Å²) in [5, 5.41) is 0.178. The lowest BCUT2D eigenvalue weighted by Gasteiger charge is -2.33. The Hall–Kier alpha value is -0.610. The van der Waals surface area contributed by atoms with E-state index >= 15 is 0 Å². The van der Waals surface area contributed by atoms with Crippen molar-refractivity contribution in [3.8, 4) is 0 Å². The van der Waals surface area contributed by atoms with Gasteiger partial charge in [-0.3, -0.25) is 4.79 Å². The van der Waals surface area contributed by atoms with Crippen molar-refractivity contribution < 1.29 is 4.79 Å². The summed E-state index contributed by atoms with van der Waals surface area (Å²) in [4.78, 5) is 18.1. The van der Waals surface area contributed by atoms with Gasteiger partial charge < -0.3 is 4.90 Å². The molecule has 1 aromatic heterocycles. The second-order valence-electron chi connectivity index (χ2n) is 4.39. The fourth-order valence-electron chi connectivity index (χ4n) is 1.97. The van der Waals surface area contributed by atoms with E-state index in [4.69, 9.17) is 11.6 Å². The largest absolute Gasteiger partial charge is 0.337 e. The second-order valence-corrected chi connectivity index (χ2v) is 5.87. The van der Waals surface area contributed by atoms with Crippen molar-refractivity contribution in [2.45, 2.75) is 18.7 Å². The molecule has 1 saturated heterocycles. The number of pyridine rings is 1. The van der Waals surface area contributed by atoms with Crippen molar-refractivity contribution in [3.63, 3.8) is 0 Å². The number of likely N-dealkylation sites (tertiary alicyclic amines) is 1. The molecular formula is C12H14BrClN2O. The van der Waals surface area contributed by atoms with Gasteiger partial charge in [0.25, 0.3) is 5.91 Å². The van der Waals surface area contributed by atoms with Crippen molar-refractivity contribution in [1.29, 1.82) is 0 Å². The Kier molecular flexibility index (Phi) is 4.05. The van der Waals surface area contributed by atoms with E-state index in [1.165, 1.54) is 0 Å². The number of halogens is 2. The standard InChI is InChI=1S/C12H14BrClN2O/c1-8-7-16(5-4-10(8)14)12(17)11-3-2-9(13)6-15-11/h2-3,6,8,10H,4-5,7H2,1H3. The van der Waals surface area contributed by atoms with E-state index in [0.717, 1.165) is 17.4 Å². The zero-order chi connectivity index (χ0) is 12.4. The van der Waals surface area contributed by atoms with Gasteiger partial charge in [-0.25, -0.2) is 4.98 Å². The molecule has 1 aromatic rings. The smallest absolute Gasteiger partial charge is 0.272 e. The Labute approximate surface area is 114 Å². The summed E-state index contributed by atoms with van der Waals surface area (Å²) in [6.45, 7) is 3.51. The molecule has 0 bridgehead atoms. The summed E-state index contributed by atoms with van der Waals surface area (Å²) in [7, 11) is 0. The summed E-state index contributed by atoms with van der Waals surface area (Å²) in [6.07, 6.45) is 2.50. The highest BCUT2D eigenvalue weighted by Crippen LogP contribution is 2.22. The molecule has 92 valence electrons. The van der Waals surface area contributed by atoms with Crippen molar-refractivity contribution in [2.24, 2.45) is 5.92 Å². The SMILES string of the molecule is CC1CN(C(=O)c2ccc(Br)cn2)CCC1Cl. The molecule has 2 unspecified atom stereocenters. The topological polar surface area (TPSA) is 33.2 Å². The van der Waals surface area contributed by atoms with Crippen molar-refractivity contribution >= 4 is 33.4 Å². The highest BCUT2D eigenvalue weighted by molar-refractivity contribution is 9.10. The maximum absolute atomic E-state index is 12.2. The first-order valence-corrected chi connectivity index (χ1v) is 6.86. The first-order chi connectivity index (χ1) is 8.08. The zero-order valence-corrected chi connectivity index (χ0v) is 11.9. The Bertz CT molecular complexity index is 409. The fraction of sp³-hybridized carbons (Fsp3) is 0.500. The van der Waals surface area contributed by atoms with Crippen LogP contribution in [0.2, 0.25) is 0 Å². The van der Waals surface area contributed by atoms with Crippen LogP contribution in [0.25, 0.3) is 0 Å². The number of carbonyl (C=O) groups excluding carboxylic acids is 1. The van der Waals surface area contributed by atoms with Crippen molar-refractivity contribution in [2.75, 3.05) is 13.1 Å². The van der Waals surface area contributed by atoms with Crippen LogP contribution in [0, 0.1) is 5.92 Å². The van der Waals surface area contributed by atoms with E-state index in [1.807, 2.05) is 11.0 Å². The molecule has 1 aliphatic heterocycles. The zero-order valence-electron chi connectivity index (χ0n) is 9.57. The second kappa shape index (κ2) is 5.36. The van der Waals surface area contributed by atoms with E-state index in [1.54, 1.807) is 12.3 Å². The van der Waals surface area contributed by atoms with Gasteiger partial charge >= 0.3 is 0 Å². The quantitative estimate of drug-likeness (QED) is 0.746.